The summed E-state index contributed by atoms with van der Waals surface area (Å²) in [7, 11) is 0. The van der Waals surface area contributed by atoms with Crippen LogP contribution < -0.4 is 0 Å². The Bertz CT molecular complexity index is 919. The van der Waals surface area contributed by atoms with Gasteiger partial charge in [0, 0.05) is 60.6 Å². The third-order valence-electron chi connectivity index (χ3n) is 5.77. The molecular formula is C23H29N3. The summed E-state index contributed by atoms with van der Waals surface area (Å²) in [5.74, 6) is 0. The van der Waals surface area contributed by atoms with Gasteiger partial charge in [-0.05, 0) is 63.4 Å². The number of rotatable bonds is 4. The van der Waals surface area contributed by atoms with Gasteiger partial charge in [-0.25, -0.2) is 0 Å². The van der Waals surface area contributed by atoms with Gasteiger partial charge < -0.3 is 4.57 Å². The minimum Gasteiger partial charge on any atom is -0.344 e. The van der Waals surface area contributed by atoms with Crippen LogP contribution in [0.25, 0.3) is 10.9 Å². The number of aromatic nitrogens is 2. The largest absolute Gasteiger partial charge is 0.344 e. The summed E-state index contributed by atoms with van der Waals surface area (Å²) in [4.78, 5) is 7.05. The molecule has 0 aliphatic carbocycles. The Kier molecular flexibility index (Phi) is 4.58. The molecule has 0 saturated carbocycles. The van der Waals surface area contributed by atoms with Gasteiger partial charge in [0.1, 0.15) is 0 Å². The van der Waals surface area contributed by atoms with Crippen LogP contribution >= 0.6 is 0 Å². The molecule has 3 aromatic rings. The van der Waals surface area contributed by atoms with Gasteiger partial charge in [-0.15, -0.1) is 0 Å². The molecular weight excluding hydrogens is 318 g/mol. The second-order valence-electron chi connectivity index (χ2n) is 7.97. The van der Waals surface area contributed by atoms with Crippen LogP contribution in [-0.2, 0) is 25.9 Å². The Morgan fingerprint density at radius 3 is 2.69 bits per heavy atom. The van der Waals surface area contributed by atoms with Crippen molar-refractivity contribution in [2.24, 2.45) is 0 Å². The summed E-state index contributed by atoms with van der Waals surface area (Å²) in [6.45, 7) is 12.1. The Morgan fingerprint density at radius 2 is 1.96 bits per heavy atom. The summed E-state index contributed by atoms with van der Waals surface area (Å²) in [6, 6.07) is 11.9. The predicted octanol–water partition coefficient (Wildman–Crippen LogP) is 4.66. The first-order chi connectivity index (χ1) is 12.5. The maximum atomic E-state index is 4.45. The second-order valence-corrected chi connectivity index (χ2v) is 7.97. The van der Waals surface area contributed by atoms with Gasteiger partial charge >= 0.3 is 0 Å². The van der Waals surface area contributed by atoms with Crippen molar-refractivity contribution < 1.29 is 0 Å². The smallest absolute Gasteiger partial charge is 0.0486 e. The van der Waals surface area contributed by atoms with E-state index in [9.17, 15) is 0 Å². The zero-order valence-corrected chi connectivity index (χ0v) is 16.4. The highest BCUT2D eigenvalue weighted by molar-refractivity contribution is 5.86. The van der Waals surface area contributed by atoms with Gasteiger partial charge in [-0.2, -0.15) is 0 Å². The van der Waals surface area contributed by atoms with Gasteiger partial charge in [0.25, 0.3) is 0 Å². The molecule has 0 saturated heterocycles. The lowest BCUT2D eigenvalue weighted by Gasteiger charge is -2.31. The molecule has 136 valence electrons. The van der Waals surface area contributed by atoms with Crippen LogP contribution in [-0.4, -0.2) is 27.0 Å². The van der Waals surface area contributed by atoms with E-state index in [1.807, 2.05) is 13.1 Å². The van der Waals surface area contributed by atoms with Crippen molar-refractivity contribution in [2.45, 2.75) is 59.7 Å². The Hall–Kier alpha value is -2.13. The normalized spacial score (nSPS) is 15.0. The highest BCUT2D eigenvalue weighted by Crippen LogP contribution is 2.32. The molecule has 3 heteroatoms. The second kappa shape index (κ2) is 6.88. The van der Waals surface area contributed by atoms with Gasteiger partial charge in [0.15, 0.2) is 0 Å². The first-order valence-electron chi connectivity index (χ1n) is 9.79. The molecule has 0 amide bonds. The monoisotopic (exact) mass is 347 g/mol. The molecule has 3 heterocycles. The third kappa shape index (κ3) is 3.16. The maximum absolute atomic E-state index is 4.45. The summed E-state index contributed by atoms with van der Waals surface area (Å²) in [5.41, 5.74) is 8.24. The number of pyridine rings is 1. The van der Waals surface area contributed by atoms with E-state index in [1.165, 1.54) is 22.0 Å². The SMILES string of the molecule is Cc1ccc2c(c1)c1c(n2CCc2ccc(C)nc2)CCN(C(C)C)C1. The van der Waals surface area contributed by atoms with Gasteiger partial charge in [-0.1, -0.05) is 17.7 Å². The number of hydrogen-bond donors (Lipinski definition) is 0. The molecule has 26 heavy (non-hydrogen) atoms. The number of benzene rings is 1. The van der Waals surface area contributed by atoms with Crippen LogP contribution in [0.15, 0.2) is 36.5 Å². The van der Waals surface area contributed by atoms with Crippen LogP contribution in [0.5, 0.6) is 0 Å². The molecule has 0 radical (unpaired) electrons. The molecule has 0 fully saturated rings. The number of fused-ring (bicyclic) bond motifs is 3. The fourth-order valence-corrected chi connectivity index (χ4v) is 4.17. The van der Waals surface area contributed by atoms with E-state index in [1.54, 1.807) is 11.3 Å². The molecule has 4 rings (SSSR count). The van der Waals surface area contributed by atoms with Crippen molar-refractivity contribution in [1.82, 2.24) is 14.5 Å². The van der Waals surface area contributed by atoms with Crippen molar-refractivity contribution >= 4 is 10.9 Å². The number of hydrogen-bond acceptors (Lipinski definition) is 2. The van der Waals surface area contributed by atoms with Crippen molar-refractivity contribution in [3.05, 3.63) is 64.6 Å². The van der Waals surface area contributed by atoms with E-state index in [2.05, 4.69) is 65.6 Å². The van der Waals surface area contributed by atoms with Gasteiger partial charge in [-0.3, -0.25) is 9.88 Å². The fourth-order valence-electron chi connectivity index (χ4n) is 4.17. The Morgan fingerprint density at radius 1 is 1.12 bits per heavy atom. The Labute approximate surface area is 156 Å². The topological polar surface area (TPSA) is 21.1 Å². The minimum absolute atomic E-state index is 0.602. The zero-order chi connectivity index (χ0) is 18.3. The molecule has 1 aromatic carbocycles. The third-order valence-corrected chi connectivity index (χ3v) is 5.77. The summed E-state index contributed by atoms with van der Waals surface area (Å²) in [6.07, 6.45) is 4.21. The highest BCUT2D eigenvalue weighted by Gasteiger charge is 2.25. The molecule has 3 nitrogen and oxygen atoms in total. The van der Waals surface area contributed by atoms with Crippen LogP contribution in [0.4, 0.5) is 0 Å². The zero-order valence-electron chi connectivity index (χ0n) is 16.4. The highest BCUT2D eigenvalue weighted by atomic mass is 15.2. The lowest BCUT2D eigenvalue weighted by Crippen LogP contribution is -2.36. The van der Waals surface area contributed by atoms with Crippen molar-refractivity contribution in [1.29, 1.82) is 0 Å². The fraction of sp³-hybridized carbons (Fsp3) is 0.435. The molecule has 0 bridgehead atoms. The van der Waals surface area contributed by atoms with Crippen molar-refractivity contribution in [3.8, 4) is 0 Å². The lowest BCUT2D eigenvalue weighted by molar-refractivity contribution is 0.202. The van der Waals surface area contributed by atoms with Crippen LogP contribution in [0.3, 0.4) is 0 Å². The first kappa shape index (κ1) is 17.3. The Balaban J connectivity index is 1.71. The average molecular weight is 348 g/mol. The van der Waals surface area contributed by atoms with E-state index in [-0.39, 0.29) is 0 Å². The number of aryl methyl sites for hydroxylation is 4. The minimum atomic E-state index is 0.602. The summed E-state index contributed by atoms with van der Waals surface area (Å²) < 4.78 is 2.57. The molecule has 0 atom stereocenters. The first-order valence-corrected chi connectivity index (χ1v) is 9.79. The summed E-state index contributed by atoms with van der Waals surface area (Å²) in [5, 5.41) is 1.45. The van der Waals surface area contributed by atoms with E-state index in [0.717, 1.165) is 38.2 Å². The van der Waals surface area contributed by atoms with Gasteiger partial charge in [0.2, 0.25) is 0 Å². The molecule has 0 spiro atoms. The number of nitrogens with zero attached hydrogens (tertiary/aromatic N) is 3. The lowest BCUT2D eigenvalue weighted by atomic mass is 10.0. The molecule has 0 N–H and O–H groups in total. The van der Waals surface area contributed by atoms with E-state index in [4.69, 9.17) is 0 Å². The molecule has 1 aliphatic heterocycles. The predicted molar refractivity (Wildman–Crippen MR) is 109 cm³/mol. The maximum Gasteiger partial charge on any atom is 0.0486 e. The molecule has 2 aromatic heterocycles. The molecule has 0 unspecified atom stereocenters. The van der Waals surface area contributed by atoms with E-state index in [0.29, 0.717) is 6.04 Å². The van der Waals surface area contributed by atoms with Crippen molar-refractivity contribution in [2.75, 3.05) is 6.54 Å². The average Bonchev–Trinajstić information content (AvgIpc) is 2.93. The van der Waals surface area contributed by atoms with Crippen molar-refractivity contribution in [3.63, 3.8) is 0 Å². The van der Waals surface area contributed by atoms with E-state index < -0.39 is 0 Å². The van der Waals surface area contributed by atoms with Crippen LogP contribution in [0.1, 0.15) is 41.9 Å². The van der Waals surface area contributed by atoms with Crippen LogP contribution in [0, 0.1) is 13.8 Å². The van der Waals surface area contributed by atoms with E-state index >= 15 is 0 Å². The standard InChI is InChI=1S/C23H29N3/c1-16(2)25-11-10-23-21(15-25)20-13-17(3)5-8-22(20)26(23)12-9-19-7-6-18(4)24-14-19/h5-8,13-14,16H,9-12,15H2,1-4H3. The molecule has 1 aliphatic rings. The van der Waals surface area contributed by atoms with Gasteiger partial charge in [0.05, 0.1) is 0 Å². The summed E-state index contributed by atoms with van der Waals surface area (Å²) >= 11 is 0. The quantitative estimate of drug-likeness (QED) is 0.684. The van der Waals surface area contributed by atoms with Crippen LogP contribution in [0.2, 0.25) is 0 Å².